The second-order valence-corrected chi connectivity index (χ2v) is 5.10. The van der Waals surface area contributed by atoms with Crippen LogP contribution in [0.1, 0.15) is 54.9 Å². The number of hydrogen-bond acceptors (Lipinski definition) is 3. The average molecular weight is 260 g/mol. The Morgan fingerprint density at radius 3 is 2.89 bits per heavy atom. The van der Waals surface area contributed by atoms with Crippen molar-refractivity contribution in [1.29, 1.82) is 0 Å². The zero-order chi connectivity index (χ0) is 13.7. The molecule has 19 heavy (non-hydrogen) atoms. The molecule has 2 rings (SSSR count). The molecule has 3 nitrogen and oxygen atoms in total. The molecule has 0 aliphatic heterocycles. The predicted molar refractivity (Wildman–Crippen MR) is 73.7 cm³/mol. The van der Waals surface area contributed by atoms with Crippen molar-refractivity contribution in [2.45, 2.75) is 45.4 Å². The fourth-order valence-electron chi connectivity index (χ4n) is 2.38. The molecule has 0 radical (unpaired) electrons. The molecule has 0 atom stereocenters. The van der Waals surface area contributed by atoms with Crippen LogP contribution in [0.3, 0.4) is 0 Å². The van der Waals surface area contributed by atoms with Gasteiger partial charge >= 0.3 is 0 Å². The molecule has 0 heterocycles. The standard InChI is InChI=1S/C16H20O3/c1-12(17)5-2-3-10-19-14-8-9-15-13(11-14)6-4-7-16(15)18/h8-9,11H,2-7,10H2,1H3. The van der Waals surface area contributed by atoms with Gasteiger partial charge in [0.15, 0.2) is 5.78 Å². The highest BCUT2D eigenvalue weighted by molar-refractivity contribution is 5.98. The summed E-state index contributed by atoms with van der Waals surface area (Å²) in [5.41, 5.74) is 1.97. The van der Waals surface area contributed by atoms with Gasteiger partial charge in [0.05, 0.1) is 6.61 Å². The van der Waals surface area contributed by atoms with E-state index in [4.69, 9.17) is 4.74 Å². The lowest BCUT2D eigenvalue weighted by molar-refractivity contribution is -0.117. The highest BCUT2D eigenvalue weighted by atomic mass is 16.5. The van der Waals surface area contributed by atoms with Gasteiger partial charge in [0.1, 0.15) is 11.5 Å². The predicted octanol–water partition coefficient (Wildman–Crippen LogP) is 3.34. The molecule has 1 aliphatic rings. The van der Waals surface area contributed by atoms with Crippen molar-refractivity contribution in [2.75, 3.05) is 6.61 Å². The molecule has 0 bridgehead atoms. The van der Waals surface area contributed by atoms with Crippen LogP contribution in [-0.2, 0) is 11.2 Å². The van der Waals surface area contributed by atoms with Gasteiger partial charge < -0.3 is 9.53 Å². The zero-order valence-corrected chi connectivity index (χ0v) is 11.4. The molecule has 0 saturated heterocycles. The third-order valence-corrected chi connectivity index (χ3v) is 3.42. The van der Waals surface area contributed by atoms with Gasteiger partial charge in [0, 0.05) is 18.4 Å². The van der Waals surface area contributed by atoms with Gasteiger partial charge in [-0.2, -0.15) is 0 Å². The van der Waals surface area contributed by atoms with Crippen molar-refractivity contribution in [3.63, 3.8) is 0 Å². The SMILES string of the molecule is CC(=O)CCCCOc1ccc2c(c1)CCCC2=O. The summed E-state index contributed by atoms with van der Waals surface area (Å²) in [6.45, 7) is 2.24. The topological polar surface area (TPSA) is 43.4 Å². The smallest absolute Gasteiger partial charge is 0.163 e. The quantitative estimate of drug-likeness (QED) is 0.737. The van der Waals surface area contributed by atoms with Crippen LogP contribution in [0.5, 0.6) is 5.75 Å². The lowest BCUT2D eigenvalue weighted by Gasteiger charge is -2.15. The first kappa shape index (κ1) is 13.8. The Morgan fingerprint density at radius 1 is 1.26 bits per heavy atom. The normalized spacial score (nSPS) is 14.1. The van der Waals surface area contributed by atoms with Crippen LogP contribution in [-0.4, -0.2) is 18.2 Å². The van der Waals surface area contributed by atoms with Gasteiger partial charge in [-0.3, -0.25) is 4.79 Å². The monoisotopic (exact) mass is 260 g/mol. The first-order valence-corrected chi connectivity index (χ1v) is 6.95. The van der Waals surface area contributed by atoms with E-state index in [2.05, 4.69) is 0 Å². The lowest BCUT2D eigenvalue weighted by Crippen LogP contribution is -2.10. The zero-order valence-electron chi connectivity index (χ0n) is 11.4. The third-order valence-electron chi connectivity index (χ3n) is 3.42. The van der Waals surface area contributed by atoms with Crippen LogP contribution >= 0.6 is 0 Å². The summed E-state index contributed by atoms with van der Waals surface area (Å²) >= 11 is 0. The van der Waals surface area contributed by atoms with E-state index in [0.29, 0.717) is 19.4 Å². The first-order chi connectivity index (χ1) is 9.16. The van der Waals surface area contributed by atoms with E-state index in [1.807, 2.05) is 18.2 Å². The molecule has 0 spiro atoms. The van der Waals surface area contributed by atoms with E-state index in [9.17, 15) is 9.59 Å². The van der Waals surface area contributed by atoms with Gasteiger partial charge in [0.25, 0.3) is 0 Å². The van der Waals surface area contributed by atoms with Crippen molar-refractivity contribution >= 4 is 11.6 Å². The summed E-state index contributed by atoms with van der Waals surface area (Å²) in [4.78, 5) is 22.5. The molecule has 0 N–H and O–H groups in total. The molecule has 1 aliphatic carbocycles. The molecule has 3 heteroatoms. The van der Waals surface area contributed by atoms with Crippen molar-refractivity contribution in [2.24, 2.45) is 0 Å². The number of unbranched alkanes of at least 4 members (excludes halogenated alkanes) is 1. The minimum atomic E-state index is 0.229. The molecule has 1 aromatic carbocycles. The molecule has 0 saturated carbocycles. The summed E-state index contributed by atoms with van der Waals surface area (Å²) < 4.78 is 5.67. The van der Waals surface area contributed by atoms with Gasteiger partial charge in [-0.05, 0) is 56.4 Å². The molecule has 0 amide bonds. The van der Waals surface area contributed by atoms with E-state index < -0.39 is 0 Å². The van der Waals surface area contributed by atoms with Crippen molar-refractivity contribution in [3.05, 3.63) is 29.3 Å². The molecule has 0 aromatic heterocycles. The Bertz CT molecular complexity index is 477. The van der Waals surface area contributed by atoms with Crippen LogP contribution in [0.15, 0.2) is 18.2 Å². The molecule has 1 aromatic rings. The van der Waals surface area contributed by atoms with E-state index in [1.54, 1.807) is 6.92 Å². The Hall–Kier alpha value is -1.64. The van der Waals surface area contributed by atoms with E-state index >= 15 is 0 Å². The summed E-state index contributed by atoms with van der Waals surface area (Å²) in [7, 11) is 0. The van der Waals surface area contributed by atoms with Crippen LogP contribution in [0.4, 0.5) is 0 Å². The molecule has 0 fully saturated rings. The number of ether oxygens (including phenoxy) is 1. The number of rotatable bonds is 6. The van der Waals surface area contributed by atoms with Crippen molar-refractivity contribution in [1.82, 2.24) is 0 Å². The van der Waals surface area contributed by atoms with Crippen molar-refractivity contribution in [3.8, 4) is 5.75 Å². The second-order valence-electron chi connectivity index (χ2n) is 5.10. The fraction of sp³-hybridized carbons (Fsp3) is 0.500. The minimum Gasteiger partial charge on any atom is -0.494 e. The number of ketones is 2. The number of benzene rings is 1. The lowest BCUT2D eigenvalue weighted by atomic mass is 9.90. The Balaban J connectivity index is 1.85. The Kier molecular flexibility index (Phi) is 4.72. The number of Topliss-reactive ketones (excluding diaryl/α,β-unsaturated/α-hetero) is 2. The molecular weight excluding hydrogens is 240 g/mol. The van der Waals surface area contributed by atoms with Gasteiger partial charge in [-0.1, -0.05) is 0 Å². The fourth-order valence-corrected chi connectivity index (χ4v) is 2.38. The van der Waals surface area contributed by atoms with Gasteiger partial charge in [-0.25, -0.2) is 0 Å². The number of aryl methyl sites for hydroxylation is 1. The number of hydrogen-bond donors (Lipinski definition) is 0. The van der Waals surface area contributed by atoms with Gasteiger partial charge in [0.2, 0.25) is 0 Å². The van der Waals surface area contributed by atoms with Crippen LogP contribution in [0, 0.1) is 0 Å². The largest absolute Gasteiger partial charge is 0.494 e. The van der Waals surface area contributed by atoms with E-state index in [-0.39, 0.29) is 11.6 Å². The van der Waals surface area contributed by atoms with Crippen LogP contribution in [0.25, 0.3) is 0 Å². The highest BCUT2D eigenvalue weighted by Crippen LogP contribution is 2.25. The average Bonchev–Trinajstić information content (AvgIpc) is 2.38. The summed E-state index contributed by atoms with van der Waals surface area (Å²) in [6, 6.07) is 5.73. The number of fused-ring (bicyclic) bond motifs is 1. The van der Waals surface area contributed by atoms with Crippen LogP contribution < -0.4 is 4.74 Å². The maximum atomic E-state index is 11.7. The summed E-state index contributed by atoms with van der Waals surface area (Å²) in [6.07, 6.45) is 4.95. The maximum absolute atomic E-state index is 11.7. The molecule has 102 valence electrons. The third kappa shape index (κ3) is 3.91. The maximum Gasteiger partial charge on any atom is 0.163 e. The molecule has 0 unspecified atom stereocenters. The van der Waals surface area contributed by atoms with E-state index in [0.717, 1.165) is 42.6 Å². The van der Waals surface area contributed by atoms with Crippen LogP contribution in [0.2, 0.25) is 0 Å². The first-order valence-electron chi connectivity index (χ1n) is 6.95. The highest BCUT2D eigenvalue weighted by Gasteiger charge is 2.17. The Labute approximate surface area is 114 Å². The molecular formula is C16H20O3. The Morgan fingerprint density at radius 2 is 2.11 bits per heavy atom. The summed E-state index contributed by atoms with van der Waals surface area (Å²) in [5, 5.41) is 0. The minimum absolute atomic E-state index is 0.229. The van der Waals surface area contributed by atoms with Gasteiger partial charge in [-0.15, -0.1) is 0 Å². The number of carbonyl (C=O) groups is 2. The second kappa shape index (κ2) is 6.50. The summed E-state index contributed by atoms with van der Waals surface area (Å²) in [5.74, 6) is 1.30. The van der Waals surface area contributed by atoms with E-state index in [1.165, 1.54) is 0 Å². The van der Waals surface area contributed by atoms with Crippen molar-refractivity contribution < 1.29 is 14.3 Å². The number of carbonyl (C=O) groups excluding carboxylic acids is 2.